The lowest BCUT2D eigenvalue weighted by molar-refractivity contribution is 0.103. The highest BCUT2D eigenvalue weighted by Gasteiger charge is 2.12. The number of benzene rings is 1. The van der Waals surface area contributed by atoms with E-state index in [2.05, 4.69) is 5.32 Å². The quantitative estimate of drug-likeness (QED) is 0.836. The van der Waals surface area contributed by atoms with Gasteiger partial charge in [0.05, 0.1) is 10.6 Å². The van der Waals surface area contributed by atoms with Crippen molar-refractivity contribution in [1.82, 2.24) is 0 Å². The van der Waals surface area contributed by atoms with Crippen LogP contribution in [-0.4, -0.2) is 5.91 Å². The molecule has 94 valence electrons. The Hall–Kier alpha value is -1.88. The second kappa shape index (κ2) is 5.18. The van der Waals surface area contributed by atoms with Gasteiger partial charge in [-0.1, -0.05) is 6.92 Å². The van der Waals surface area contributed by atoms with Gasteiger partial charge >= 0.3 is 0 Å². The molecule has 0 saturated heterocycles. The van der Waals surface area contributed by atoms with Gasteiger partial charge in [0.1, 0.15) is 5.82 Å². The van der Waals surface area contributed by atoms with E-state index in [1.165, 1.54) is 23.5 Å². The average Bonchev–Trinajstić information content (AvgIpc) is 2.82. The van der Waals surface area contributed by atoms with Crippen LogP contribution in [-0.2, 0) is 6.42 Å². The van der Waals surface area contributed by atoms with Crippen LogP contribution in [0.4, 0.5) is 15.8 Å². The van der Waals surface area contributed by atoms with Gasteiger partial charge < -0.3 is 11.1 Å². The van der Waals surface area contributed by atoms with E-state index in [0.717, 1.165) is 12.0 Å². The minimum Gasteiger partial charge on any atom is -0.396 e. The van der Waals surface area contributed by atoms with Gasteiger partial charge in [-0.05, 0) is 41.6 Å². The summed E-state index contributed by atoms with van der Waals surface area (Å²) in [5.41, 5.74) is 6.84. The first-order chi connectivity index (χ1) is 8.61. The third-order valence-corrected chi connectivity index (χ3v) is 3.55. The number of nitrogen functional groups attached to an aromatic ring is 1. The zero-order chi connectivity index (χ0) is 13.1. The zero-order valence-corrected chi connectivity index (χ0v) is 10.7. The van der Waals surface area contributed by atoms with E-state index in [1.54, 1.807) is 6.07 Å². The molecule has 1 aromatic heterocycles. The van der Waals surface area contributed by atoms with Crippen LogP contribution in [0.15, 0.2) is 29.6 Å². The predicted octanol–water partition coefficient (Wildman–Crippen LogP) is 3.28. The van der Waals surface area contributed by atoms with Crippen LogP contribution < -0.4 is 11.1 Å². The fraction of sp³-hybridized carbons (Fsp3) is 0.154. The van der Waals surface area contributed by atoms with Gasteiger partial charge in [0.2, 0.25) is 0 Å². The summed E-state index contributed by atoms with van der Waals surface area (Å²) in [4.78, 5) is 12.7. The Kier molecular flexibility index (Phi) is 3.62. The van der Waals surface area contributed by atoms with Gasteiger partial charge in [-0.3, -0.25) is 4.79 Å². The molecule has 0 saturated carbocycles. The minimum atomic E-state index is -0.533. The van der Waals surface area contributed by atoms with Crippen LogP contribution in [0.25, 0.3) is 0 Å². The third kappa shape index (κ3) is 2.51. The Morgan fingerprint density at radius 3 is 2.89 bits per heavy atom. The topological polar surface area (TPSA) is 55.1 Å². The van der Waals surface area contributed by atoms with Crippen LogP contribution in [0, 0.1) is 5.82 Å². The number of rotatable bonds is 3. The van der Waals surface area contributed by atoms with Crippen LogP contribution in [0.1, 0.15) is 22.2 Å². The van der Waals surface area contributed by atoms with Crippen molar-refractivity contribution >= 4 is 28.6 Å². The van der Waals surface area contributed by atoms with Gasteiger partial charge in [-0.25, -0.2) is 4.39 Å². The largest absolute Gasteiger partial charge is 0.396 e. The number of anilines is 2. The molecule has 0 unspecified atom stereocenters. The number of hydrogen-bond donors (Lipinski definition) is 2. The van der Waals surface area contributed by atoms with Crippen LogP contribution in [0.3, 0.4) is 0 Å². The SMILES string of the molecule is CCc1ccsc1C(=O)Nc1ccc(N)c(F)c1. The molecule has 0 aliphatic carbocycles. The van der Waals surface area contributed by atoms with E-state index < -0.39 is 5.82 Å². The lowest BCUT2D eigenvalue weighted by Crippen LogP contribution is -2.12. The molecule has 1 aromatic carbocycles. The van der Waals surface area contributed by atoms with Crippen LogP contribution in [0.5, 0.6) is 0 Å². The summed E-state index contributed by atoms with van der Waals surface area (Å²) in [6.07, 6.45) is 0.794. The molecule has 0 aliphatic heterocycles. The maximum absolute atomic E-state index is 13.2. The molecule has 1 heterocycles. The maximum Gasteiger partial charge on any atom is 0.266 e. The van der Waals surface area contributed by atoms with Crippen molar-refractivity contribution in [1.29, 1.82) is 0 Å². The van der Waals surface area contributed by atoms with Crippen molar-refractivity contribution in [2.45, 2.75) is 13.3 Å². The molecule has 3 nitrogen and oxygen atoms in total. The van der Waals surface area contributed by atoms with Gasteiger partial charge in [0.25, 0.3) is 5.91 Å². The molecular weight excluding hydrogens is 251 g/mol. The van der Waals surface area contributed by atoms with Crippen molar-refractivity contribution in [3.05, 3.63) is 45.9 Å². The Morgan fingerprint density at radius 2 is 2.22 bits per heavy atom. The van der Waals surface area contributed by atoms with E-state index >= 15 is 0 Å². The van der Waals surface area contributed by atoms with Crippen LogP contribution >= 0.6 is 11.3 Å². The molecule has 0 aliphatic rings. The van der Waals surface area contributed by atoms with Gasteiger partial charge in [0.15, 0.2) is 0 Å². The highest BCUT2D eigenvalue weighted by atomic mass is 32.1. The molecule has 3 N–H and O–H groups in total. The second-order valence-electron chi connectivity index (χ2n) is 3.82. The second-order valence-corrected chi connectivity index (χ2v) is 4.74. The summed E-state index contributed by atoms with van der Waals surface area (Å²) in [6, 6.07) is 6.14. The van der Waals surface area contributed by atoms with E-state index in [9.17, 15) is 9.18 Å². The van der Waals surface area contributed by atoms with E-state index in [1.807, 2.05) is 18.4 Å². The summed E-state index contributed by atoms with van der Waals surface area (Å²) >= 11 is 1.38. The summed E-state index contributed by atoms with van der Waals surface area (Å²) in [5.74, 6) is -0.749. The summed E-state index contributed by atoms with van der Waals surface area (Å²) in [7, 11) is 0. The van der Waals surface area contributed by atoms with Crippen molar-refractivity contribution in [2.75, 3.05) is 11.1 Å². The van der Waals surface area contributed by atoms with Gasteiger partial charge in [-0.2, -0.15) is 0 Å². The first kappa shape index (κ1) is 12.6. The third-order valence-electron chi connectivity index (χ3n) is 2.59. The number of thiophene rings is 1. The molecule has 0 fully saturated rings. The number of hydrogen-bond acceptors (Lipinski definition) is 3. The van der Waals surface area contributed by atoms with Crippen molar-refractivity contribution < 1.29 is 9.18 Å². The number of amides is 1. The number of carbonyl (C=O) groups excluding carboxylic acids is 1. The maximum atomic E-state index is 13.2. The Balaban J connectivity index is 2.19. The Labute approximate surface area is 108 Å². The Morgan fingerprint density at radius 1 is 1.44 bits per heavy atom. The average molecular weight is 264 g/mol. The van der Waals surface area contributed by atoms with Gasteiger partial charge in [0, 0.05) is 5.69 Å². The normalized spacial score (nSPS) is 10.3. The summed E-state index contributed by atoms with van der Waals surface area (Å²) in [5, 5.41) is 4.54. The van der Waals surface area contributed by atoms with Crippen LogP contribution in [0.2, 0.25) is 0 Å². The molecule has 0 spiro atoms. The van der Waals surface area contributed by atoms with Gasteiger partial charge in [-0.15, -0.1) is 11.3 Å². The Bertz CT molecular complexity index is 580. The molecule has 2 aromatic rings. The van der Waals surface area contributed by atoms with E-state index in [-0.39, 0.29) is 11.6 Å². The lowest BCUT2D eigenvalue weighted by Gasteiger charge is -2.06. The number of nitrogens with one attached hydrogen (secondary N) is 1. The summed E-state index contributed by atoms with van der Waals surface area (Å²) in [6.45, 7) is 1.99. The standard InChI is InChI=1S/C13H13FN2OS/c1-2-8-5-6-18-12(8)13(17)16-9-3-4-11(15)10(14)7-9/h3-7H,2,15H2,1H3,(H,16,17). The fourth-order valence-electron chi connectivity index (χ4n) is 1.61. The fourth-order valence-corrected chi connectivity index (χ4v) is 2.50. The van der Waals surface area contributed by atoms with Crippen molar-refractivity contribution in [3.8, 4) is 0 Å². The number of halogens is 1. The highest BCUT2D eigenvalue weighted by molar-refractivity contribution is 7.12. The van der Waals surface area contributed by atoms with E-state index in [0.29, 0.717) is 10.6 Å². The minimum absolute atomic E-state index is 0.0679. The zero-order valence-electron chi connectivity index (χ0n) is 9.87. The monoisotopic (exact) mass is 264 g/mol. The predicted molar refractivity (Wildman–Crippen MR) is 72.5 cm³/mol. The lowest BCUT2D eigenvalue weighted by atomic mass is 10.2. The molecule has 2 rings (SSSR count). The van der Waals surface area contributed by atoms with Crippen molar-refractivity contribution in [3.63, 3.8) is 0 Å². The molecule has 5 heteroatoms. The molecular formula is C13H13FN2OS. The number of nitrogens with two attached hydrogens (primary N) is 1. The number of carbonyl (C=O) groups is 1. The first-order valence-corrected chi connectivity index (χ1v) is 6.42. The molecule has 0 atom stereocenters. The smallest absolute Gasteiger partial charge is 0.266 e. The molecule has 1 amide bonds. The summed E-state index contributed by atoms with van der Waals surface area (Å²) < 4.78 is 13.2. The van der Waals surface area contributed by atoms with Crippen molar-refractivity contribution in [2.24, 2.45) is 0 Å². The highest BCUT2D eigenvalue weighted by Crippen LogP contribution is 2.21. The molecule has 0 bridgehead atoms. The molecule has 0 radical (unpaired) electrons. The number of aryl methyl sites for hydroxylation is 1. The first-order valence-electron chi connectivity index (χ1n) is 5.54. The molecule has 18 heavy (non-hydrogen) atoms. The van der Waals surface area contributed by atoms with E-state index in [4.69, 9.17) is 5.73 Å².